The van der Waals surface area contributed by atoms with Crippen LogP contribution in [0.2, 0.25) is 0 Å². The molecule has 0 aliphatic heterocycles. The number of carboxylic acid groups (broad SMARTS) is 2. The van der Waals surface area contributed by atoms with Gasteiger partial charge in [0.15, 0.2) is 0 Å². The first-order valence-electron chi connectivity index (χ1n) is 5.62. The molecular formula is C10H15FeN3O6S. The molecule has 0 bridgehead atoms. The second-order valence-electron chi connectivity index (χ2n) is 3.86. The minimum atomic E-state index is -1.48. The Bertz CT molecular complexity index is 395. The summed E-state index contributed by atoms with van der Waals surface area (Å²) >= 11 is 3.85. The molecule has 21 heavy (non-hydrogen) atoms. The first-order valence-corrected chi connectivity index (χ1v) is 6.25. The molecule has 0 rings (SSSR count). The van der Waals surface area contributed by atoms with E-state index >= 15 is 0 Å². The Morgan fingerprint density at radius 3 is 2.19 bits per heavy atom. The number of hydrogen-bond acceptors (Lipinski definition) is 8. The standard InChI is InChI=1S/C10H17N3O6S.Fe/c11-5(10(18)19)1-2-7(14)13-6(4-20)9(17)12-3-8(15)16;/h5-6,20H,1-4,11H2,(H,12,17)(H,13,14)(H,15,16)(H,18,19);/q;+2/p-2/t5-,6-;/m0./s1. The molecule has 0 aromatic heterocycles. The van der Waals surface area contributed by atoms with E-state index in [1.54, 1.807) is 0 Å². The summed E-state index contributed by atoms with van der Waals surface area (Å²) in [5, 5.41) is 24.8. The smallest absolute Gasteiger partial charge is 0.548 e. The molecule has 0 saturated carbocycles. The summed E-state index contributed by atoms with van der Waals surface area (Å²) in [5.41, 5.74) is 5.16. The van der Waals surface area contributed by atoms with Crippen LogP contribution in [0.15, 0.2) is 0 Å². The Balaban J connectivity index is 0. The number of nitrogens with two attached hydrogens (primary N) is 1. The molecule has 0 spiro atoms. The number of thiol groups is 1. The molecule has 0 aliphatic rings. The first kappa shape index (κ1) is 22.0. The fourth-order valence-electron chi connectivity index (χ4n) is 1.15. The molecule has 0 fully saturated rings. The van der Waals surface area contributed by atoms with Crippen LogP contribution in [0.3, 0.4) is 0 Å². The molecule has 2 atom stereocenters. The number of hydrogen-bond donors (Lipinski definition) is 4. The van der Waals surface area contributed by atoms with Crippen LogP contribution in [-0.4, -0.2) is 48.1 Å². The number of nitrogens with one attached hydrogen (secondary N) is 2. The van der Waals surface area contributed by atoms with Crippen molar-refractivity contribution in [2.45, 2.75) is 24.9 Å². The van der Waals surface area contributed by atoms with Gasteiger partial charge in [0.05, 0.1) is 18.5 Å². The Morgan fingerprint density at radius 1 is 1.19 bits per heavy atom. The molecule has 0 saturated heterocycles. The molecule has 120 valence electrons. The van der Waals surface area contributed by atoms with E-state index < -0.39 is 42.4 Å². The van der Waals surface area contributed by atoms with Gasteiger partial charge in [-0.25, -0.2) is 0 Å². The largest absolute Gasteiger partial charge is 2.00 e. The fraction of sp³-hybridized carbons (Fsp3) is 0.600. The van der Waals surface area contributed by atoms with Gasteiger partial charge in [0.25, 0.3) is 0 Å². The predicted octanol–water partition coefficient (Wildman–Crippen LogP) is -4.88. The second-order valence-corrected chi connectivity index (χ2v) is 4.22. The summed E-state index contributed by atoms with van der Waals surface area (Å²) < 4.78 is 0. The van der Waals surface area contributed by atoms with E-state index in [1.165, 1.54) is 0 Å². The third kappa shape index (κ3) is 10.1. The van der Waals surface area contributed by atoms with E-state index in [-0.39, 0.29) is 35.7 Å². The zero-order valence-corrected chi connectivity index (χ0v) is 12.8. The average Bonchev–Trinajstić information content (AvgIpc) is 2.38. The van der Waals surface area contributed by atoms with Crippen LogP contribution in [0.1, 0.15) is 12.8 Å². The Labute approximate surface area is 136 Å². The van der Waals surface area contributed by atoms with Crippen molar-refractivity contribution in [2.24, 2.45) is 5.73 Å². The van der Waals surface area contributed by atoms with Crippen molar-refractivity contribution < 1.29 is 46.5 Å². The van der Waals surface area contributed by atoms with Crippen molar-refractivity contribution in [3.63, 3.8) is 0 Å². The van der Waals surface area contributed by atoms with Gasteiger partial charge < -0.3 is 36.2 Å². The Morgan fingerprint density at radius 2 is 1.76 bits per heavy atom. The summed E-state index contributed by atoms with van der Waals surface area (Å²) in [6.07, 6.45) is -0.360. The van der Waals surface area contributed by atoms with Gasteiger partial charge in [0.2, 0.25) is 11.8 Å². The summed E-state index contributed by atoms with van der Waals surface area (Å²) in [4.78, 5) is 43.4. The third-order valence-electron chi connectivity index (χ3n) is 2.23. The molecule has 0 aromatic rings. The van der Waals surface area contributed by atoms with Gasteiger partial charge in [-0.3, -0.25) is 9.59 Å². The topological polar surface area (TPSA) is 164 Å². The molecule has 0 heterocycles. The molecule has 9 nitrogen and oxygen atoms in total. The monoisotopic (exact) mass is 361 g/mol. The number of carbonyl (C=O) groups excluding carboxylic acids is 4. The van der Waals surface area contributed by atoms with E-state index in [2.05, 4.69) is 17.9 Å². The molecule has 0 radical (unpaired) electrons. The molecule has 2 amide bonds. The van der Waals surface area contributed by atoms with Gasteiger partial charge in [-0.05, 0) is 6.42 Å². The summed E-state index contributed by atoms with van der Waals surface area (Å²) in [6, 6.07) is -2.31. The van der Waals surface area contributed by atoms with E-state index in [4.69, 9.17) is 5.73 Å². The van der Waals surface area contributed by atoms with Gasteiger partial charge in [0, 0.05) is 18.2 Å². The van der Waals surface area contributed by atoms with Crippen LogP contribution in [0.4, 0.5) is 0 Å². The quantitative estimate of drug-likeness (QED) is 0.236. The fourth-order valence-corrected chi connectivity index (χ4v) is 1.40. The van der Waals surface area contributed by atoms with E-state index in [0.29, 0.717) is 0 Å². The minimum Gasteiger partial charge on any atom is -0.548 e. The van der Waals surface area contributed by atoms with E-state index in [9.17, 15) is 29.4 Å². The SMILES string of the molecule is N[C@@H](CCC(=O)N[C@@H](CS)C(=O)NCC(=O)[O-])C(=O)[O-].[Fe+2]. The van der Waals surface area contributed by atoms with Gasteiger partial charge >= 0.3 is 17.1 Å². The van der Waals surface area contributed by atoms with Crippen molar-refractivity contribution in [3.8, 4) is 0 Å². The second kappa shape index (κ2) is 11.4. The van der Waals surface area contributed by atoms with Gasteiger partial charge in [-0.2, -0.15) is 12.6 Å². The first-order chi connectivity index (χ1) is 9.27. The predicted molar refractivity (Wildman–Crippen MR) is 66.0 cm³/mol. The van der Waals surface area contributed by atoms with Crippen LogP contribution < -0.4 is 26.6 Å². The number of aliphatic carboxylic acids is 2. The van der Waals surface area contributed by atoms with Crippen LogP contribution in [-0.2, 0) is 36.2 Å². The zero-order valence-electron chi connectivity index (χ0n) is 10.8. The summed E-state index contributed by atoms with van der Waals surface area (Å²) in [7, 11) is 0. The molecule has 11 heteroatoms. The number of amides is 2. The van der Waals surface area contributed by atoms with Crippen LogP contribution in [0.5, 0.6) is 0 Å². The molecular weight excluding hydrogens is 346 g/mol. The van der Waals surface area contributed by atoms with Crippen molar-refractivity contribution in [1.29, 1.82) is 0 Å². The van der Waals surface area contributed by atoms with Crippen molar-refractivity contribution in [1.82, 2.24) is 10.6 Å². The van der Waals surface area contributed by atoms with Gasteiger partial charge in [-0.1, -0.05) is 0 Å². The normalized spacial score (nSPS) is 12.5. The maximum absolute atomic E-state index is 11.5. The third-order valence-corrected chi connectivity index (χ3v) is 2.59. The van der Waals surface area contributed by atoms with Crippen molar-refractivity contribution in [3.05, 3.63) is 0 Å². The maximum Gasteiger partial charge on any atom is 2.00 e. The van der Waals surface area contributed by atoms with Crippen LogP contribution >= 0.6 is 12.6 Å². The van der Waals surface area contributed by atoms with Crippen molar-refractivity contribution in [2.75, 3.05) is 12.3 Å². The summed E-state index contributed by atoms with van der Waals surface area (Å²) in [5.74, 6) is -4.35. The molecule has 0 aromatic carbocycles. The van der Waals surface area contributed by atoms with Gasteiger partial charge in [0.1, 0.15) is 6.04 Å². The number of carbonyl (C=O) groups is 4. The zero-order chi connectivity index (χ0) is 15.7. The Hall–Kier alpha value is -1.29. The molecule has 4 N–H and O–H groups in total. The van der Waals surface area contributed by atoms with Crippen molar-refractivity contribution >= 4 is 36.4 Å². The molecule has 0 aliphatic carbocycles. The van der Waals surface area contributed by atoms with Crippen LogP contribution in [0.25, 0.3) is 0 Å². The molecule has 0 unspecified atom stereocenters. The van der Waals surface area contributed by atoms with E-state index in [1.807, 2.05) is 5.32 Å². The number of carboxylic acids is 2. The maximum atomic E-state index is 11.5. The van der Waals surface area contributed by atoms with Gasteiger partial charge in [-0.15, -0.1) is 0 Å². The number of rotatable bonds is 9. The van der Waals surface area contributed by atoms with Crippen LogP contribution in [0, 0.1) is 0 Å². The van der Waals surface area contributed by atoms with E-state index in [0.717, 1.165) is 0 Å². The Kier molecular flexibility index (Phi) is 11.9. The summed E-state index contributed by atoms with van der Waals surface area (Å²) in [6.45, 7) is -0.686. The average molecular weight is 361 g/mol. The minimum absolute atomic E-state index is 0.